The number of H-pyrrole nitrogens is 1. The van der Waals surface area contributed by atoms with E-state index in [1.807, 2.05) is 30.3 Å². The maximum absolute atomic E-state index is 11.8. The van der Waals surface area contributed by atoms with Crippen molar-refractivity contribution < 1.29 is 0 Å². The monoisotopic (exact) mass is 255 g/mol. The fourth-order valence-corrected chi connectivity index (χ4v) is 2.23. The van der Waals surface area contributed by atoms with E-state index in [9.17, 15) is 4.79 Å². The van der Waals surface area contributed by atoms with Gasteiger partial charge in [-0.1, -0.05) is 12.1 Å². The summed E-state index contributed by atoms with van der Waals surface area (Å²) >= 11 is 5.23. The predicted molar refractivity (Wildman–Crippen MR) is 72.5 cm³/mol. The highest BCUT2D eigenvalue weighted by Crippen LogP contribution is 2.14. The number of benzene rings is 1. The van der Waals surface area contributed by atoms with Gasteiger partial charge in [0.2, 0.25) is 0 Å². The molecule has 4 nitrogen and oxygen atoms in total. The minimum Gasteiger partial charge on any atom is -0.298 e. The number of rotatable bonds is 1. The third kappa shape index (κ3) is 1.65. The predicted octanol–water partition coefficient (Wildman–Crippen LogP) is 2.44. The number of hydrogen-bond acceptors (Lipinski definition) is 3. The highest BCUT2D eigenvalue weighted by Gasteiger charge is 2.06. The van der Waals surface area contributed by atoms with Gasteiger partial charge in [0.05, 0.1) is 22.8 Å². The average molecular weight is 255 g/mol. The Hall–Kier alpha value is -2.27. The second kappa shape index (κ2) is 4.19. The minimum absolute atomic E-state index is 0.171. The fourth-order valence-electron chi connectivity index (χ4n) is 1.93. The van der Waals surface area contributed by atoms with Crippen LogP contribution in [0.4, 0.5) is 0 Å². The molecule has 0 unspecified atom stereocenters. The lowest BCUT2D eigenvalue weighted by molar-refractivity contribution is 0.979. The van der Waals surface area contributed by atoms with Gasteiger partial charge in [-0.25, -0.2) is 0 Å². The number of nitrogens with one attached hydrogen (secondary N) is 1. The van der Waals surface area contributed by atoms with Crippen molar-refractivity contribution in [3.63, 3.8) is 0 Å². The molecule has 0 spiro atoms. The summed E-state index contributed by atoms with van der Waals surface area (Å²) in [4.78, 5) is 18.6. The molecule has 2 aromatic heterocycles. The van der Waals surface area contributed by atoms with Crippen LogP contribution in [0, 0.1) is 4.77 Å². The van der Waals surface area contributed by atoms with Crippen LogP contribution in [0.25, 0.3) is 16.6 Å². The highest BCUT2D eigenvalue weighted by atomic mass is 32.1. The summed E-state index contributed by atoms with van der Waals surface area (Å²) in [5.74, 6) is 0. The molecule has 0 amide bonds. The Morgan fingerprint density at radius 3 is 2.78 bits per heavy atom. The molecule has 0 aliphatic rings. The summed E-state index contributed by atoms with van der Waals surface area (Å²) in [5.41, 5.74) is 1.44. The molecule has 0 bridgehead atoms. The summed E-state index contributed by atoms with van der Waals surface area (Å²) in [6, 6.07) is 11.1. The second-order valence-electron chi connectivity index (χ2n) is 3.82. The van der Waals surface area contributed by atoms with E-state index in [4.69, 9.17) is 12.2 Å². The Labute approximate surface area is 108 Å². The minimum atomic E-state index is -0.171. The zero-order valence-corrected chi connectivity index (χ0v) is 10.1. The van der Waals surface area contributed by atoms with Crippen LogP contribution >= 0.6 is 12.2 Å². The lowest BCUT2D eigenvalue weighted by atomic mass is 10.2. The molecule has 0 atom stereocenters. The zero-order chi connectivity index (χ0) is 12.5. The summed E-state index contributed by atoms with van der Waals surface area (Å²) in [7, 11) is 0. The van der Waals surface area contributed by atoms with Crippen molar-refractivity contribution in [2.45, 2.75) is 0 Å². The molecule has 3 rings (SSSR count). The van der Waals surface area contributed by atoms with Crippen LogP contribution in [0.5, 0.6) is 0 Å². The molecule has 1 N–H and O–H groups in total. The number of aromatic amines is 1. The molecule has 1 aromatic carbocycles. The van der Waals surface area contributed by atoms with Gasteiger partial charge in [0.15, 0.2) is 4.77 Å². The van der Waals surface area contributed by atoms with Gasteiger partial charge in [0, 0.05) is 6.20 Å². The Morgan fingerprint density at radius 2 is 2.00 bits per heavy atom. The average Bonchev–Trinajstić information content (AvgIpc) is 2.40. The van der Waals surface area contributed by atoms with Crippen LogP contribution in [0.3, 0.4) is 0 Å². The molecule has 0 aliphatic heterocycles. The van der Waals surface area contributed by atoms with E-state index in [1.54, 1.807) is 23.0 Å². The Balaban J connectivity index is 2.50. The summed E-state index contributed by atoms with van der Waals surface area (Å²) < 4.78 is 2.17. The van der Waals surface area contributed by atoms with Crippen molar-refractivity contribution in [1.82, 2.24) is 14.5 Å². The quantitative estimate of drug-likeness (QED) is 0.679. The number of para-hydroxylation sites is 1. The van der Waals surface area contributed by atoms with Crippen LogP contribution in [0.1, 0.15) is 0 Å². The van der Waals surface area contributed by atoms with E-state index in [0.717, 1.165) is 11.2 Å². The van der Waals surface area contributed by atoms with E-state index in [1.165, 1.54) is 0 Å². The SMILES string of the molecule is O=c1[nH]c(=S)n(-c2cccnc2)c2ccccc12. The van der Waals surface area contributed by atoms with Gasteiger partial charge in [-0.2, -0.15) is 0 Å². The van der Waals surface area contributed by atoms with E-state index in [0.29, 0.717) is 10.2 Å². The number of nitrogens with zero attached hydrogens (tertiary/aromatic N) is 2. The van der Waals surface area contributed by atoms with Gasteiger partial charge in [-0.05, 0) is 36.5 Å². The van der Waals surface area contributed by atoms with Gasteiger partial charge >= 0.3 is 0 Å². The third-order valence-electron chi connectivity index (χ3n) is 2.72. The first-order chi connectivity index (χ1) is 8.77. The van der Waals surface area contributed by atoms with Crippen molar-refractivity contribution in [2.75, 3.05) is 0 Å². The van der Waals surface area contributed by atoms with Crippen LogP contribution in [0.15, 0.2) is 53.6 Å². The highest BCUT2D eigenvalue weighted by molar-refractivity contribution is 7.71. The van der Waals surface area contributed by atoms with Crippen molar-refractivity contribution in [1.29, 1.82) is 0 Å². The number of hydrogen-bond donors (Lipinski definition) is 1. The number of aromatic nitrogens is 3. The van der Waals surface area contributed by atoms with Gasteiger partial charge in [0.25, 0.3) is 5.56 Å². The third-order valence-corrected chi connectivity index (χ3v) is 3.00. The molecular formula is C13H9N3OS. The smallest absolute Gasteiger partial charge is 0.259 e. The normalized spacial score (nSPS) is 10.7. The topological polar surface area (TPSA) is 50.7 Å². The van der Waals surface area contributed by atoms with Crippen LogP contribution in [-0.4, -0.2) is 14.5 Å². The Kier molecular flexibility index (Phi) is 2.53. The molecule has 5 heteroatoms. The number of pyridine rings is 1. The molecular weight excluding hydrogens is 246 g/mol. The van der Waals surface area contributed by atoms with Crippen molar-refractivity contribution in [2.24, 2.45) is 0 Å². The van der Waals surface area contributed by atoms with Crippen molar-refractivity contribution in [3.05, 3.63) is 63.9 Å². The first kappa shape index (κ1) is 10.9. The number of fused-ring (bicyclic) bond motifs is 1. The largest absolute Gasteiger partial charge is 0.298 e. The summed E-state index contributed by atoms with van der Waals surface area (Å²) in [6.07, 6.45) is 3.40. The van der Waals surface area contributed by atoms with Crippen LogP contribution in [-0.2, 0) is 0 Å². The summed E-state index contributed by atoms with van der Waals surface area (Å²) in [6.45, 7) is 0. The molecule has 88 valence electrons. The lowest BCUT2D eigenvalue weighted by Crippen LogP contribution is -2.13. The first-order valence-electron chi connectivity index (χ1n) is 5.42. The van der Waals surface area contributed by atoms with E-state index in [-0.39, 0.29) is 5.56 Å². The molecule has 18 heavy (non-hydrogen) atoms. The maximum Gasteiger partial charge on any atom is 0.259 e. The van der Waals surface area contributed by atoms with Gasteiger partial charge in [-0.15, -0.1) is 0 Å². The van der Waals surface area contributed by atoms with Crippen molar-refractivity contribution in [3.8, 4) is 5.69 Å². The molecule has 0 saturated heterocycles. The van der Waals surface area contributed by atoms with E-state index < -0.39 is 0 Å². The van der Waals surface area contributed by atoms with E-state index in [2.05, 4.69) is 9.97 Å². The standard InChI is InChI=1S/C13H9N3OS/c17-12-10-5-1-2-6-11(10)16(13(18)15-12)9-4-3-7-14-8-9/h1-8H,(H,15,17,18). The summed E-state index contributed by atoms with van der Waals surface area (Å²) in [5, 5.41) is 0.606. The van der Waals surface area contributed by atoms with Gasteiger partial charge in [-0.3, -0.25) is 19.3 Å². The fraction of sp³-hybridized carbons (Fsp3) is 0. The van der Waals surface area contributed by atoms with Crippen LogP contribution < -0.4 is 5.56 Å². The molecule has 0 radical (unpaired) electrons. The maximum atomic E-state index is 11.8. The molecule has 0 aliphatic carbocycles. The second-order valence-corrected chi connectivity index (χ2v) is 4.21. The van der Waals surface area contributed by atoms with Crippen LogP contribution in [0.2, 0.25) is 0 Å². The van der Waals surface area contributed by atoms with E-state index >= 15 is 0 Å². The van der Waals surface area contributed by atoms with Gasteiger partial charge < -0.3 is 0 Å². The molecule has 0 fully saturated rings. The molecule has 0 saturated carbocycles. The van der Waals surface area contributed by atoms with Crippen molar-refractivity contribution >= 4 is 23.1 Å². The molecule has 2 heterocycles. The lowest BCUT2D eigenvalue weighted by Gasteiger charge is -2.09. The first-order valence-corrected chi connectivity index (χ1v) is 5.83. The zero-order valence-electron chi connectivity index (χ0n) is 9.33. The molecule has 3 aromatic rings. The van der Waals surface area contributed by atoms with Gasteiger partial charge in [0.1, 0.15) is 0 Å². The Bertz CT molecular complexity index is 821. The Morgan fingerprint density at radius 1 is 1.17 bits per heavy atom.